The number of nitrogens with one attached hydrogen (secondary N) is 1. The summed E-state index contributed by atoms with van der Waals surface area (Å²) >= 11 is 0. The lowest BCUT2D eigenvalue weighted by molar-refractivity contribution is -0.125. The molecule has 2 unspecified atom stereocenters. The van der Waals surface area contributed by atoms with Gasteiger partial charge >= 0.3 is 0 Å². The molecule has 6 nitrogen and oxygen atoms in total. The van der Waals surface area contributed by atoms with Gasteiger partial charge in [0.25, 0.3) is 0 Å². The van der Waals surface area contributed by atoms with E-state index in [0.717, 1.165) is 38.7 Å². The first-order valence-electron chi connectivity index (χ1n) is 9.05. The van der Waals surface area contributed by atoms with Crippen molar-refractivity contribution in [3.63, 3.8) is 0 Å². The van der Waals surface area contributed by atoms with E-state index in [1.165, 1.54) is 4.31 Å². The van der Waals surface area contributed by atoms with Gasteiger partial charge in [-0.25, -0.2) is 8.42 Å². The number of hydrogen-bond donors (Lipinski definition) is 1. The van der Waals surface area contributed by atoms with E-state index in [1.807, 2.05) is 0 Å². The van der Waals surface area contributed by atoms with Gasteiger partial charge in [-0.3, -0.25) is 4.79 Å². The molecule has 1 aromatic rings. The van der Waals surface area contributed by atoms with E-state index in [1.54, 1.807) is 30.3 Å². The number of piperidine rings is 1. The molecule has 1 N–H and O–H groups in total. The highest BCUT2D eigenvalue weighted by Gasteiger charge is 2.37. The zero-order chi connectivity index (χ0) is 17.7. The van der Waals surface area contributed by atoms with Gasteiger partial charge in [0.15, 0.2) is 0 Å². The quantitative estimate of drug-likeness (QED) is 0.834. The summed E-state index contributed by atoms with van der Waals surface area (Å²) in [6.45, 7) is 1.71. The number of nitrogens with zero attached hydrogens (tertiary/aromatic N) is 1. The average Bonchev–Trinajstić information content (AvgIpc) is 3.16. The normalized spacial score (nSPS) is 25.0. The molecule has 2 heterocycles. The third kappa shape index (κ3) is 4.40. The van der Waals surface area contributed by atoms with Crippen LogP contribution in [-0.4, -0.2) is 50.5 Å². The maximum atomic E-state index is 12.9. The summed E-state index contributed by atoms with van der Waals surface area (Å²) in [7, 11) is -3.65. The van der Waals surface area contributed by atoms with E-state index >= 15 is 0 Å². The number of hydrogen-bond acceptors (Lipinski definition) is 4. The summed E-state index contributed by atoms with van der Waals surface area (Å²) in [6.07, 6.45) is 5.33. The molecule has 2 aliphatic rings. The molecule has 2 fully saturated rings. The van der Waals surface area contributed by atoms with E-state index < -0.39 is 16.1 Å². The number of sulfonamides is 1. The zero-order valence-corrected chi connectivity index (χ0v) is 15.2. The Bertz CT molecular complexity index is 672. The zero-order valence-electron chi connectivity index (χ0n) is 14.4. The van der Waals surface area contributed by atoms with Crippen molar-refractivity contribution in [2.24, 2.45) is 0 Å². The van der Waals surface area contributed by atoms with Gasteiger partial charge in [0.2, 0.25) is 15.9 Å². The van der Waals surface area contributed by atoms with Crippen molar-refractivity contribution in [3.05, 3.63) is 30.3 Å². The maximum absolute atomic E-state index is 12.9. The lowest BCUT2D eigenvalue weighted by Gasteiger charge is -2.33. The Morgan fingerprint density at radius 2 is 1.96 bits per heavy atom. The molecule has 0 saturated carbocycles. The summed E-state index contributed by atoms with van der Waals surface area (Å²) in [5.74, 6) is -0.197. The Morgan fingerprint density at radius 3 is 2.68 bits per heavy atom. The van der Waals surface area contributed by atoms with E-state index in [9.17, 15) is 13.2 Å². The molecule has 0 spiro atoms. The maximum Gasteiger partial charge on any atom is 0.243 e. The Balaban J connectivity index is 1.64. The van der Waals surface area contributed by atoms with Gasteiger partial charge in [0.1, 0.15) is 6.04 Å². The van der Waals surface area contributed by atoms with Crippen LogP contribution in [0.4, 0.5) is 0 Å². The SMILES string of the molecule is O=C(NCCC1CCCO1)C1CCCCN1S(=O)(=O)c1ccccc1. The second kappa shape index (κ2) is 8.29. The second-order valence-corrected chi connectivity index (χ2v) is 8.55. The fraction of sp³-hybridized carbons (Fsp3) is 0.611. The van der Waals surface area contributed by atoms with Crippen LogP contribution in [0.3, 0.4) is 0 Å². The minimum Gasteiger partial charge on any atom is -0.378 e. The highest BCUT2D eigenvalue weighted by molar-refractivity contribution is 7.89. The molecule has 0 aliphatic carbocycles. The Labute approximate surface area is 149 Å². The van der Waals surface area contributed by atoms with Crippen molar-refractivity contribution < 1.29 is 17.9 Å². The molecule has 0 radical (unpaired) electrons. The van der Waals surface area contributed by atoms with Crippen LogP contribution in [0.1, 0.15) is 38.5 Å². The Morgan fingerprint density at radius 1 is 1.16 bits per heavy atom. The van der Waals surface area contributed by atoms with Crippen LogP contribution < -0.4 is 5.32 Å². The molecule has 138 valence electrons. The Hall–Kier alpha value is -1.44. The van der Waals surface area contributed by atoms with E-state index in [0.29, 0.717) is 19.5 Å². The minimum absolute atomic E-state index is 0.197. The van der Waals surface area contributed by atoms with Crippen LogP contribution in [0.15, 0.2) is 35.2 Å². The largest absolute Gasteiger partial charge is 0.378 e. The predicted octanol–water partition coefficient (Wildman–Crippen LogP) is 1.92. The molecule has 7 heteroatoms. The van der Waals surface area contributed by atoms with Gasteiger partial charge in [0.05, 0.1) is 11.0 Å². The first-order valence-corrected chi connectivity index (χ1v) is 10.5. The summed E-state index contributed by atoms with van der Waals surface area (Å²) < 4.78 is 32.7. The molecule has 25 heavy (non-hydrogen) atoms. The van der Waals surface area contributed by atoms with Crippen molar-refractivity contribution in [3.8, 4) is 0 Å². The summed E-state index contributed by atoms with van der Waals surface area (Å²) in [5, 5.41) is 2.91. The summed E-state index contributed by atoms with van der Waals surface area (Å²) in [6, 6.07) is 7.72. The van der Waals surface area contributed by atoms with Gasteiger partial charge in [0, 0.05) is 19.7 Å². The summed E-state index contributed by atoms with van der Waals surface area (Å²) in [5.41, 5.74) is 0. The average molecular weight is 366 g/mol. The monoisotopic (exact) mass is 366 g/mol. The van der Waals surface area contributed by atoms with E-state index in [-0.39, 0.29) is 16.9 Å². The van der Waals surface area contributed by atoms with Crippen molar-refractivity contribution in [2.45, 2.75) is 55.6 Å². The number of carbonyl (C=O) groups is 1. The van der Waals surface area contributed by atoms with Crippen molar-refractivity contribution in [2.75, 3.05) is 19.7 Å². The molecule has 0 aromatic heterocycles. The third-order valence-corrected chi connectivity index (χ3v) is 6.82. The number of rotatable bonds is 6. The van der Waals surface area contributed by atoms with Gasteiger partial charge in [-0.2, -0.15) is 4.31 Å². The van der Waals surface area contributed by atoms with Crippen molar-refractivity contribution >= 4 is 15.9 Å². The smallest absolute Gasteiger partial charge is 0.243 e. The minimum atomic E-state index is -3.65. The second-order valence-electron chi connectivity index (χ2n) is 6.66. The first kappa shape index (κ1) is 18.4. The van der Waals surface area contributed by atoms with Gasteiger partial charge < -0.3 is 10.1 Å². The molecule has 3 rings (SSSR count). The van der Waals surface area contributed by atoms with Crippen molar-refractivity contribution in [1.82, 2.24) is 9.62 Å². The number of carbonyl (C=O) groups excluding carboxylic acids is 1. The van der Waals surface area contributed by atoms with Gasteiger partial charge in [-0.15, -0.1) is 0 Å². The first-order chi connectivity index (χ1) is 12.1. The third-order valence-electron chi connectivity index (χ3n) is 4.90. The molecular formula is C18H26N2O4S. The molecule has 0 bridgehead atoms. The molecule has 1 amide bonds. The van der Waals surface area contributed by atoms with Crippen LogP contribution in [0.25, 0.3) is 0 Å². The number of ether oxygens (including phenoxy) is 1. The fourth-order valence-corrected chi connectivity index (χ4v) is 5.21. The topological polar surface area (TPSA) is 75.7 Å². The number of amides is 1. The van der Waals surface area contributed by atoms with Crippen LogP contribution in [0, 0.1) is 0 Å². The van der Waals surface area contributed by atoms with Crippen LogP contribution >= 0.6 is 0 Å². The molecule has 2 aliphatic heterocycles. The van der Waals surface area contributed by atoms with Crippen LogP contribution in [-0.2, 0) is 19.6 Å². The van der Waals surface area contributed by atoms with E-state index in [2.05, 4.69) is 5.32 Å². The van der Waals surface area contributed by atoms with Gasteiger partial charge in [-0.1, -0.05) is 24.6 Å². The van der Waals surface area contributed by atoms with E-state index in [4.69, 9.17) is 4.74 Å². The molecule has 2 atom stereocenters. The number of benzene rings is 1. The van der Waals surface area contributed by atoms with Gasteiger partial charge in [-0.05, 0) is 44.2 Å². The predicted molar refractivity (Wildman–Crippen MR) is 94.6 cm³/mol. The summed E-state index contributed by atoms with van der Waals surface area (Å²) in [4.78, 5) is 12.8. The van der Waals surface area contributed by atoms with Crippen LogP contribution in [0.2, 0.25) is 0 Å². The Kier molecular flexibility index (Phi) is 6.09. The highest BCUT2D eigenvalue weighted by atomic mass is 32.2. The fourth-order valence-electron chi connectivity index (χ4n) is 3.53. The van der Waals surface area contributed by atoms with Crippen LogP contribution in [0.5, 0.6) is 0 Å². The molecule has 2 saturated heterocycles. The molecule has 1 aromatic carbocycles. The lowest BCUT2D eigenvalue weighted by atomic mass is 10.0. The highest BCUT2D eigenvalue weighted by Crippen LogP contribution is 2.25. The lowest BCUT2D eigenvalue weighted by Crippen LogP contribution is -2.52. The van der Waals surface area contributed by atoms with Crippen molar-refractivity contribution in [1.29, 1.82) is 0 Å². The standard InChI is InChI=1S/C18H26N2O4S/c21-18(19-12-11-15-7-6-14-24-15)17-10-4-5-13-20(17)25(22,23)16-8-2-1-3-9-16/h1-3,8-9,15,17H,4-7,10-14H2,(H,19,21). The molecular weight excluding hydrogens is 340 g/mol.